The van der Waals surface area contributed by atoms with Crippen LogP contribution in [0.5, 0.6) is 5.88 Å². The van der Waals surface area contributed by atoms with E-state index in [2.05, 4.69) is 48.0 Å². The van der Waals surface area contributed by atoms with Gasteiger partial charge in [-0.05, 0) is 24.6 Å². The number of benzene rings is 1. The van der Waals surface area contributed by atoms with Crippen LogP contribution < -0.4 is 11.2 Å². The summed E-state index contributed by atoms with van der Waals surface area (Å²) in [6.45, 7) is 2.64. The van der Waals surface area contributed by atoms with Crippen molar-refractivity contribution in [3.63, 3.8) is 0 Å². The molecule has 11 heteroatoms. The maximum Gasteiger partial charge on any atom is 0.329 e. The number of rotatable bonds is 7. The van der Waals surface area contributed by atoms with E-state index in [1.54, 1.807) is 11.6 Å². The molecular weight excluding hydrogens is 466 g/mol. The molecule has 3 heterocycles. The molecule has 0 atom stereocenters. The first-order chi connectivity index (χ1) is 14.9. The molecule has 0 amide bonds. The van der Waals surface area contributed by atoms with E-state index in [1.807, 2.05) is 18.2 Å². The Morgan fingerprint density at radius 3 is 2.74 bits per heavy atom. The van der Waals surface area contributed by atoms with Gasteiger partial charge in [-0.3, -0.25) is 14.3 Å². The first kappa shape index (κ1) is 21.0. The highest BCUT2D eigenvalue weighted by atomic mass is 79.9. The molecule has 0 aliphatic rings. The lowest BCUT2D eigenvalue weighted by Gasteiger charge is -2.05. The Morgan fingerprint density at radius 2 is 1.97 bits per heavy atom. The molecule has 4 rings (SSSR count). The lowest BCUT2D eigenvalue weighted by atomic mass is 10.2. The Bertz CT molecular complexity index is 1410. The van der Waals surface area contributed by atoms with Gasteiger partial charge in [0.15, 0.2) is 16.9 Å². The van der Waals surface area contributed by atoms with E-state index in [-0.39, 0.29) is 28.7 Å². The molecule has 0 unspecified atom stereocenters. The van der Waals surface area contributed by atoms with Gasteiger partial charge in [0, 0.05) is 23.5 Å². The van der Waals surface area contributed by atoms with Crippen LogP contribution in [0.2, 0.25) is 0 Å². The van der Waals surface area contributed by atoms with Crippen molar-refractivity contribution >= 4 is 49.6 Å². The molecule has 10 nitrogen and oxygen atoms in total. The van der Waals surface area contributed by atoms with Gasteiger partial charge in [-0.1, -0.05) is 42.1 Å². The number of imidazole rings is 1. The standard InChI is InChI=1S/C20H22BrN7O3/c1-3-4-5-6-9-28-15-16(27(2)20(31)24-18(15)30)23-19(28)26-25-14-12-10-11(21)7-8-13(12)22-17(14)29/h7-8,10,22,29H,3-6,9H2,1-2H3,(H,24,30,31). The highest BCUT2D eigenvalue weighted by molar-refractivity contribution is 9.10. The number of hydrogen-bond donors (Lipinski definition) is 3. The Kier molecular flexibility index (Phi) is 5.77. The highest BCUT2D eigenvalue weighted by Gasteiger charge is 2.18. The maximum atomic E-state index is 12.5. The van der Waals surface area contributed by atoms with Crippen LogP contribution in [0.4, 0.5) is 11.6 Å². The topological polar surface area (TPSA) is 133 Å². The van der Waals surface area contributed by atoms with E-state index in [0.717, 1.165) is 30.2 Å². The zero-order valence-electron chi connectivity index (χ0n) is 17.1. The fourth-order valence-corrected chi connectivity index (χ4v) is 3.90. The molecule has 0 aliphatic heterocycles. The van der Waals surface area contributed by atoms with Crippen LogP contribution in [-0.4, -0.2) is 29.2 Å². The number of halogens is 1. The number of nitrogens with one attached hydrogen (secondary N) is 2. The SMILES string of the molecule is CCCCCCn1c(N=Nc2c(O)[nH]c3ccc(Br)cc23)nc2c1c(=O)[nH]c(=O)n2C. The Hall–Kier alpha value is -3.21. The number of hydrogen-bond acceptors (Lipinski definition) is 6. The van der Waals surface area contributed by atoms with Gasteiger partial charge in [0.05, 0.1) is 5.52 Å². The van der Waals surface area contributed by atoms with Crippen molar-refractivity contribution in [1.82, 2.24) is 24.1 Å². The van der Waals surface area contributed by atoms with Crippen LogP contribution >= 0.6 is 15.9 Å². The molecule has 0 fully saturated rings. The van der Waals surface area contributed by atoms with Crippen LogP contribution in [-0.2, 0) is 13.6 Å². The lowest BCUT2D eigenvalue weighted by molar-refractivity contribution is 0.459. The highest BCUT2D eigenvalue weighted by Crippen LogP contribution is 2.37. The summed E-state index contributed by atoms with van der Waals surface area (Å²) in [5.74, 6) is 0.0784. The van der Waals surface area contributed by atoms with E-state index in [0.29, 0.717) is 17.4 Å². The van der Waals surface area contributed by atoms with Crippen molar-refractivity contribution in [2.45, 2.75) is 39.2 Å². The zero-order valence-corrected chi connectivity index (χ0v) is 18.7. The van der Waals surface area contributed by atoms with E-state index in [4.69, 9.17) is 0 Å². The van der Waals surface area contributed by atoms with Gasteiger partial charge >= 0.3 is 5.69 Å². The predicted molar refractivity (Wildman–Crippen MR) is 122 cm³/mol. The average molecular weight is 488 g/mol. The predicted octanol–water partition coefficient (Wildman–Crippen LogP) is 4.37. The lowest BCUT2D eigenvalue weighted by Crippen LogP contribution is -2.29. The van der Waals surface area contributed by atoms with Gasteiger partial charge < -0.3 is 14.7 Å². The fraction of sp³-hybridized carbons (Fsp3) is 0.350. The minimum atomic E-state index is -0.546. The summed E-state index contributed by atoms with van der Waals surface area (Å²) in [6.07, 6.45) is 3.99. The summed E-state index contributed by atoms with van der Waals surface area (Å²) in [4.78, 5) is 34.1. The van der Waals surface area contributed by atoms with Crippen molar-refractivity contribution in [2.75, 3.05) is 0 Å². The van der Waals surface area contributed by atoms with Gasteiger partial charge in [0.2, 0.25) is 5.88 Å². The van der Waals surface area contributed by atoms with Gasteiger partial charge in [-0.2, -0.15) is 4.98 Å². The van der Waals surface area contributed by atoms with Crippen LogP contribution in [0.1, 0.15) is 32.6 Å². The number of H-pyrrole nitrogens is 2. The van der Waals surface area contributed by atoms with Crippen LogP contribution in [0.3, 0.4) is 0 Å². The second-order valence-electron chi connectivity index (χ2n) is 7.33. The first-order valence-corrected chi connectivity index (χ1v) is 10.8. The average Bonchev–Trinajstić information content (AvgIpc) is 3.25. The minimum Gasteiger partial charge on any atom is -0.493 e. The monoisotopic (exact) mass is 487 g/mol. The smallest absolute Gasteiger partial charge is 0.329 e. The van der Waals surface area contributed by atoms with Crippen molar-refractivity contribution < 1.29 is 5.11 Å². The van der Waals surface area contributed by atoms with E-state index >= 15 is 0 Å². The number of fused-ring (bicyclic) bond motifs is 2. The maximum absolute atomic E-state index is 12.5. The van der Waals surface area contributed by atoms with Gasteiger partial charge in [0.25, 0.3) is 11.5 Å². The normalized spacial score (nSPS) is 12.0. The van der Waals surface area contributed by atoms with Crippen molar-refractivity contribution in [3.05, 3.63) is 43.5 Å². The molecule has 31 heavy (non-hydrogen) atoms. The molecule has 3 aromatic heterocycles. The largest absolute Gasteiger partial charge is 0.493 e. The summed E-state index contributed by atoms with van der Waals surface area (Å²) >= 11 is 3.42. The van der Waals surface area contributed by atoms with E-state index < -0.39 is 11.2 Å². The van der Waals surface area contributed by atoms with Gasteiger partial charge in [-0.25, -0.2) is 4.79 Å². The van der Waals surface area contributed by atoms with Crippen LogP contribution in [0.15, 0.2) is 42.5 Å². The van der Waals surface area contributed by atoms with E-state index in [9.17, 15) is 14.7 Å². The number of azo groups is 1. The third-order valence-electron chi connectivity index (χ3n) is 5.18. The van der Waals surface area contributed by atoms with Gasteiger partial charge in [-0.15, -0.1) is 10.2 Å². The summed E-state index contributed by atoms with van der Waals surface area (Å²) in [7, 11) is 1.54. The summed E-state index contributed by atoms with van der Waals surface area (Å²) in [5.41, 5.74) is 0.435. The number of aryl methyl sites for hydroxylation is 2. The minimum absolute atomic E-state index is 0.118. The van der Waals surface area contributed by atoms with Crippen LogP contribution in [0.25, 0.3) is 22.1 Å². The van der Waals surface area contributed by atoms with Crippen LogP contribution in [0, 0.1) is 0 Å². The molecule has 4 aromatic rings. The molecule has 0 bridgehead atoms. The van der Waals surface area contributed by atoms with Crippen molar-refractivity contribution in [1.29, 1.82) is 0 Å². The number of unbranched alkanes of at least 4 members (excludes halogenated alkanes) is 3. The molecule has 0 radical (unpaired) electrons. The zero-order chi connectivity index (χ0) is 22.1. The molecule has 0 saturated carbocycles. The summed E-state index contributed by atoms with van der Waals surface area (Å²) in [6, 6.07) is 5.49. The molecule has 162 valence electrons. The second kappa shape index (κ2) is 8.50. The first-order valence-electron chi connectivity index (χ1n) is 10.0. The molecule has 1 aromatic carbocycles. The number of aromatic nitrogens is 5. The Balaban J connectivity index is 1.83. The molecule has 0 aliphatic carbocycles. The molecule has 3 N–H and O–H groups in total. The molecular formula is C20H22BrN7O3. The third-order valence-corrected chi connectivity index (χ3v) is 5.67. The number of nitrogens with zero attached hydrogens (tertiary/aromatic N) is 5. The van der Waals surface area contributed by atoms with Crippen molar-refractivity contribution in [3.8, 4) is 5.88 Å². The number of aromatic hydroxyl groups is 1. The van der Waals surface area contributed by atoms with E-state index in [1.165, 1.54) is 4.57 Å². The summed E-state index contributed by atoms with van der Waals surface area (Å²) in [5, 5.41) is 19.4. The summed E-state index contributed by atoms with van der Waals surface area (Å²) < 4.78 is 3.79. The molecule has 0 saturated heterocycles. The fourth-order valence-electron chi connectivity index (χ4n) is 3.54. The number of aromatic amines is 2. The van der Waals surface area contributed by atoms with Gasteiger partial charge in [0.1, 0.15) is 0 Å². The Labute approximate surface area is 184 Å². The molecule has 0 spiro atoms. The second-order valence-corrected chi connectivity index (χ2v) is 8.24. The quantitative estimate of drug-likeness (QED) is 0.263. The third kappa shape index (κ3) is 3.92. The van der Waals surface area contributed by atoms with Crippen molar-refractivity contribution in [2.24, 2.45) is 17.3 Å². The Morgan fingerprint density at radius 1 is 1.16 bits per heavy atom.